The Bertz CT molecular complexity index is 386. The maximum atomic E-state index is 5.90. The van der Waals surface area contributed by atoms with Crippen LogP contribution in [0.3, 0.4) is 0 Å². The van der Waals surface area contributed by atoms with Gasteiger partial charge in [0.25, 0.3) is 0 Å². The standard InChI is InChI=1S/C15H27N3/c1-10-6-11(2)13(4)15(12(10)3)9-18(5)8-14(17)7-16/h6,14H,7-9,16-17H2,1-5H3. The quantitative estimate of drug-likeness (QED) is 0.834. The summed E-state index contributed by atoms with van der Waals surface area (Å²) >= 11 is 0. The molecular formula is C15H27N3. The first-order valence-electron chi connectivity index (χ1n) is 6.57. The van der Waals surface area contributed by atoms with Crippen LogP contribution in [-0.2, 0) is 6.54 Å². The fraction of sp³-hybridized carbons (Fsp3) is 0.600. The average Bonchev–Trinajstić information content (AvgIpc) is 2.32. The van der Waals surface area contributed by atoms with Gasteiger partial charge in [0.1, 0.15) is 0 Å². The molecule has 0 aliphatic rings. The predicted octanol–water partition coefficient (Wildman–Crippen LogP) is 1.64. The average molecular weight is 249 g/mol. The number of aryl methyl sites for hydroxylation is 2. The highest BCUT2D eigenvalue weighted by atomic mass is 15.1. The van der Waals surface area contributed by atoms with E-state index >= 15 is 0 Å². The highest BCUT2D eigenvalue weighted by molar-refractivity contribution is 5.43. The van der Waals surface area contributed by atoms with Crippen LogP contribution in [0, 0.1) is 27.7 Å². The first kappa shape index (κ1) is 15.2. The van der Waals surface area contributed by atoms with Crippen molar-refractivity contribution in [2.24, 2.45) is 11.5 Å². The van der Waals surface area contributed by atoms with Gasteiger partial charge >= 0.3 is 0 Å². The van der Waals surface area contributed by atoms with Gasteiger partial charge in [-0.05, 0) is 62.6 Å². The van der Waals surface area contributed by atoms with Crippen molar-refractivity contribution in [3.8, 4) is 0 Å². The Balaban J connectivity index is 2.90. The molecule has 1 unspecified atom stereocenters. The van der Waals surface area contributed by atoms with Gasteiger partial charge in [0, 0.05) is 25.7 Å². The normalized spacial score (nSPS) is 13.1. The van der Waals surface area contributed by atoms with Crippen LogP contribution in [-0.4, -0.2) is 31.1 Å². The first-order chi connectivity index (χ1) is 8.36. The van der Waals surface area contributed by atoms with Gasteiger partial charge < -0.3 is 16.4 Å². The molecule has 0 saturated heterocycles. The van der Waals surface area contributed by atoms with E-state index in [2.05, 4.69) is 45.7 Å². The van der Waals surface area contributed by atoms with Gasteiger partial charge in [-0.1, -0.05) is 6.07 Å². The zero-order valence-electron chi connectivity index (χ0n) is 12.4. The van der Waals surface area contributed by atoms with E-state index in [-0.39, 0.29) is 6.04 Å². The molecule has 18 heavy (non-hydrogen) atoms. The molecule has 0 radical (unpaired) electrons. The number of likely N-dealkylation sites (N-methyl/N-ethyl adjacent to an activating group) is 1. The summed E-state index contributed by atoms with van der Waals surface area (Å²) in [6.45, 7) is 11.1. The lowest BCUT2D eigenvalue weighted by Crippen LogP contribution is -2.40. The van der Waals surface area contributed by atoms with Crippen molar-refractivity contribution in [1.29, 1.82) is 0 Å². The molecule has 0 spiro atoms. The number of nitrogens with two attached hydrogens (primary N) is 2. The van der Waals surface area contributed by atoms with E-state index in [0.717, 1.165) is 13.1 Å². The van der Waals surface area contributed by atoms with E-state index < -0.39 is 0 Å². The maximum absolute atomic E-state index is 5.90. The third-order valence-corrected chi connectivity index (χ3v) is 3.80. The van der Waals surface area contributed by atoms with Crippen molar-refractivity contribution in [2.45, 2.75) is 40.3 Å². The molecule has 1 aromatic rings. The number of hydrogen-bond acceptors (Lipinski definition) is 3. The van der Waals surface area contributed by atoms with Gasteiger partial charge in [0.05, 0.1) is 0 Å². The summed E-state index contributed by atoms with van der Waals surface area (Å²) in [7, 11) is 2.10. The predicted molar refractivity (Wildman–Crippen MR) is 78.8 cm³/mol. The van der Waals surface area contributed by atoms with E-state index in [9.17, 15) is 0 Å². The Morgan fingerprint density at radius 3 is 2.06 bits per heavy atom. The highest BCUT2D eigenvalue weighted by Gasteiger charge is 2.12. The van der Waals surface area contributed by atoms with Gasteiger partial charge in [-0.2, -0.15) is 0 Å². The topological polar surface area (TPSA) is 55.3 Å². The highest BCUT2D eigenvalue weighted by Crippen LogP contribution is 2.22. The van der Waals surface area contributed by atoms with Crippen LogP contribution >= 0.6 is 0 Å². The molecule has 1 aromatic carbocycles. The minimum absolute atomic E-state index is 0.0570. The molecule has 3 heteroatoms. The third kappa shape index (κ3) is 3.55. The van der Waals surface area contributed by atoms with Gasteiger partial charge in [0.15, 0.2) is 0 Å². The molecule has 4 N–H and O–H groups in total. The van der Waals surface area contributed by atoms with Gasteiger partial charge in [0.2, 0.25) is 0 Å². The number of hydrogen-bond donors (Lipinski definition) is 2. The number of rotatable bonds is 5. The van der Waals surface area contributed by atoms with E-state index in [1.165, 1.54) is 27.8 Å². The van der Waals surface area contributed by atoms with E-state index in [1.54, 1.807) is 0 Å². The van der Waals surface area contributed by atoms with Gasteiger partial charge in [-0.15, -0.1) is 0 Å². The molecule has 0 aliphatic heterocycles. The van der Waals surface area contributed by atoms with Crippen LogP contribution in [0.4, 0.5) is 0 Å². The summed E-state index contributed by atoms with van der Waals surface area (Å²) in [6.07, 6.45) is 0. The summed E-state index contributed by atoms with van der Waals surface area (Å²) in [4.78, 5) is 2.26. The summed E-state index contributed by atoms with van der Waals surface area (Å²) in [5.74, 6) is 0. The van der Waals surface area contributed by atoms with Crippen molar-refractivity contribution in [2.75, 3.05) is 20.1 Å². The van der Waals surface area contributed by atoms with Crippen molar-refractivity contribution in [1.82, 2.24) is 4.90 Å². The lowest BCUT2D eigenvalue weighted by atomic mass is 9.94. The molecule has 102 valence electrons. The van der Waals surface area contributed by atoms with E-state index in [0.29, 0.717) is 6.54 Å². The molecule has 0 bridgehead atoms. The molecule has 0 amide bonds. The largest absolute Gasteiger partial charge is 0.329 e. The summed E-state index contributed by atoms with van der Waals surface area (Å²) < 4.78 is 0. The second-order valence-corrected chi connectivity index (χ2v) is 5.43. The van der Waals surface area contributed by atoms with E-state index in [1.807, 2.05) is 0 Å². The van der Waals surface area contributed by atoms with Crippen molar-refractivity contribution >= 4 is 0 Å². The summed E-state index contributed by atoms with van der Waals surface area (Å²) in [5.41, 5.74) is 18.4. The molecule has 0 saturated carbocycles. The van der Waals surface area contributed by atoms with Crippen LogP contribution in [0.5, 0.6) is 0 Å². The van der Waals surface area contributed by atoms with Crippen molar-refractivity contribution in [3.63, 3.8) is 0 Å². The Kier molecular flexibility index (Phi) is 5.32. The first-order valence-corrected chi connectivity index (χ1v) is 6.57. The Morgan fingerprint density at radius 1 is 1.11 bits per heavy atom. The SMILES string of the molecule is Cc1cc(C)c(C)c(CN(C)CC(N)CN)c1C. The minimum atomic E-state index is 0.0570. The fourth-order valence-corrected chi connectivity index (χ4v) is 2.35. The molecule has 1 atom stereocenters. The Hall–Kier alpha value is -0.900. The number of nitrogens with zero attached hydrogens (tertiary/aromatic N) is 1. The van der Waals surface area contributed by atoms with Crippen molar-refractivity contribution in [3.05, 3.63) is 33.9 Å². The third-order valence-electron chi connectivity index (χ3n) is 3.80. The Labute approximate surface area is 111 Å². The molecular weight excluding hydrogens is 222 g/mol. The van der Waals surface area contributed by atoms with Crippen LogP contribution in [0.15, 0.2) is 6.07 Å². The second kappa shape index (κ2) is 6.32. The fourth-order valence-electron chi connectivity index (χ4n) is 2.35. The van der Waals surface area contributed by atoms with Crippen molar-refractivity contribution < 1.29 is 0 Å². The summed E-state index contributed by atoms with van der Waals surface area (Å²) in [6, 6.07) is 2.32. The second-order valence-electron chi connectivity index (χ2n) is 5.43. The molecule has 0 heterocycles. The Morgan fingerprint density at radius 2 is 1.61 bits per heavy atom. The van der Waals surface area contributed by atoms with Gasteiger partial charge in [-0.3, -0.25) is 0 Å². The van der Waals surface area contributed by atoms with Crippen LogP contribution in [0.2, 0.25) is 0 Å². The minimum Gasteiger partial charge on any atom is -0.329 e. The van der Waals surface area contributed by atoms with E-state index in [4.69, 9.17) is 11.5 Å². The lowest BCUT2D eigenvalue weighted by Gasteiger charge is -2.24. The molecule has 0 aliphatic carbocycles. The molecule has 0 aromatic heterocycles. The smallest absolute Gasteiger partial charge is 0.0292 e. The maximum Gasteiger partial charge on any atom is 0.0292 e. The zero-order valence-corrected chi connectivity index (χ0v) is 12.4. The monoisotopic (exact) mass is 249 g/mol. The van der Waals surface area contributed by atoms with Crippen LogP contribution in [0.1, 0.15) is 27.8 Å². The van der Waals surface area contributed by atoms with Gasteiger partial charge in [-0.25, -0.2) is 0 Å². The molecule has 3 nitrogen and oxygen atoms in total. The zero-order chi connectivity index (χ0) is 13.9. The van der Waals surface area contributed by atoms with Crippen LogP contribution in [0.25, 0.3) is 0 Å². The lowest BCUT2D eigenvalue weighted by molar-refractivity contribution is 0.304. The summed E-state index contributed by atoms with van der Waals surface area (Å²) in [5, 5.41) is 0. The number of benzene rings is 1. The molecule has 0 fully saturated rings. The van der Waals surface area contributed by atoms with Crippen LogP contribution < -0.4 is 11.5 Å². The molecule has 1 rings (SSSR count).